The van der Waals surface area contributed by atoms with Crippen molar-refractivity contribution in [3.05, 3.63) is 0 Å². The lowest BCUT2D eigenvalue weighted by molar-refractivity contribution is -0.136. The molecule has 0 spiro atoms. The Bertz CT molecular complexity index is 220. The van der Waals surface area contributed by atoms with Gasteiger partial charge in [-0.1, -0.05) is 0 Å². The van der Waals surface area contributed by atoms with Crippen LogP contribution in [0.1, 0.15) is 40.5 Å². The highest BCUT2D eigenvalue weighted by atomic mass is 16.2. The summed E-state index contributed by atoms with van der Waals surface area (Å²) in [4.78, 5) is 13.6. The van der Waals surface area contributed by atoms with E-state index < -0.39 is 0 Å². The minimum atomic E-state index is 0.00266. The molecule has 3 heteroatoms. The Balaban J connectivity index is 2.73. The van der Waals surface area contributed by atoms with Crippen LogP contribution in [0, 0.1) is 5.92 Å². The van der Waals surface area contributed by atoms with Gasteiger partial charge >= 0.3 is 0 Å². The summed E-state index contributed by atoms with van der Waals surface area (Å²) >= 11 is 0. The molecule has 0 bridgehead atoms. The number of amides is 1. The van der Waals surface area contributed by atoms with Crippen molar-refractivity contribution >= 4 is 5.91 Å². The summed E-state index contributed by atoms with van der Waals surface area (Å²) in [5, 5.41) is 3.37. The normalized spacial score (nSPS) is 18.9. The predicted molar refractivity (Wildman–Crippen MR) is 62.7 cm³/mol. The van der Waals surface area contributed by atoms with Crippen molar-refractivity contribution in [3.63, 3.8) is 0 Å². The van der Waals surface area contributed by atoms with Gasteiger partial charge < -0.3 is 10.2 Å². The number of rotatable bonds is 3. The third-order valence-corrected chi connectivity index (χ3v) is 3.73. The van der Waals surface area contributed by atoms with Gasteiger partial charge in [-0.15, -0.1) is 0 Å². The summed E-state index contributed by atoms with van der Waals surface area (Å²) in [5.74, 6) is 0.823. The van der Waals surface area contributed by atoms with Gasteiger partial charge in [-0.05, 0) is 52.6 Å². The molecule has 0 radical (unpaired) electrons. The molecule has 1 amide bonds. The monoisotopic (exact) mass is 212 g/mol. The lowest BCUT2D eigenvalue weighted by Gasteiger charge is -2.45. The van der Waals surface area contributed by atoms with Gasteiger partial charge in [-0.2, -0.15) is 0 Å². The van der Waals surface area contributed by atoms with Gasteiger partial charge in [0.1, 0.15) is 0 Å². The second kappa shape index (κ2) is 4.97. The van der Waals surface area contributed by atoms with Crippen LogP contribution in [0.3, 0.4) is 0 Å². The van der Waals surface area contributed by atoms with E-state index in [2.05, 4.69) is 26.1 Å². The third-order valence-electron chi connectivity index (χ3n) is 3.73. The largest absolute Gasteiger partial charge is 0.338 e. The van der Waals surface area contributed by atoms with Crippen molar-refractivity contribution < 1.29 is 4.79 Å². The fourth-order valence-corrected chi connectivity index (χ4v) is 2.78. The Kier molecular flexibility index (Phi) is 4.14. The fraction of sp³-hybridized carbons (Fsp3) is 0.917. The van der Waals surface area contributed by atoms with Crippen molar-refractivity contribution in [3.8, 4) is 0 Å². The molecule has 0 aliphatic carbocycles. The molecule has 0 aromatic rings. The minimum Gasteiger partial charge on any atom is -0.338 e. The quantitative estimate of drug-likeness (QED) is 0.771. The zero-order chi connectivity index (χ0) is 11.5. The summed E-state index contributed by atoms with van der Waals surface area (Å²) in [6.07, 6.45) is 2.35. The predicted octanol–water partition coefficient (Wildman–Crippen LogP) is 1.63. The Morgan fingerprint density at radius 1 is 1.40 bits per heavy atom. The van der Waals surface area contributed by atoms with Crippen LogP contribution < -0.4 is 5.32 Å². The van der Waals surface area contributed by atoms with Gasteiger partial charge in [0.2, 0.25) is 5.91 Å². The Labute approximate surface area is 93.2 Å². The van der Waals surface area contributed by atoms with E-state index in [1.165, 1.54) is 12.8 Å². The zero-order valence-electron chi connectivity index (χ0n) is 10.5. The lowest BCUT2D eigenvalue weighted by atomic mass is 9.79. The van der Waals surface area contributed by atoms with Gasteiger partial charge in [0.15, 0.2) is 0 Å². The fourth-order valence-electron chi connectivity index (χ4n) is 2.78. The summed E-state index contributed by atoms with van der Waals surface area (Å²) < 4.78 is 0. The van der Waals surface area contributed by atoms with Crippen LogP contribution >= 0.6 is 0 Å². The standard InChI is InChI=1S/C12H24N2O/c1-5-14(10(2)15)12(3,4)11-6-8-13-9-7-11/h11,13H,5-9H2,1-4H3. The SMILES string of the molecule is CCN(C(C)=O)C(C)(C)C1CCNCC1. The van der Waals surface area contributed by atoms with Crippen LogP contribution in [0.5, 0.6) is 0 Å². The van der Waals surface area contributed by atoms with Crippen LogP contribution in [-0.4, -0.2) is 36.0 Å². The highest BCUT2D eigenvalue weighted by Gasteiger charge is 2.36. The molecular formula is C12H24N2O. The lowest BCUT2D eigenvalue weighted by Crippen LogP contribution is -2.53. The smallest absolute Gasteiger partial charge is 0.219 e. The number of piperidine rings is 1. The van der Waals surface area contributed by atoms with Gasteiger partial charge in [0.25, 0.3) is 0 Å². The van der Waals surface area contributed by atoms with Gasteiger partial charge in [-0.3, -0.25) is 4.79 Å². The summed E-state index contributed by atoms with van der Waals surface area (Å²) in [6.45, 7) is 11.1. The molecule has 1 saturated heterocycles. The minimum absolute atomic E-state index is 0.00266. The number of carbonyl (C=O) groups is 1. The van der Waals surface area contributed by atoms with Crippen LogP contribution in [0.25, 0.3) is 0 Å². The zero-order valence-corrected chi connectivity index (χ0v) is 10.5. The van der Waals surface area contributed by atoms with Crippen LogP contribution in [0.4, 0.5) is 0 Å². The highest BCUT2D eigenvalue weighted by Crippen LogP contribution is 2.30. The average molecular weight is 212 g/mol. The van der Waals surface area contributed by atoms with E-state index in [0.29, 0.717) is 5.92 Å². The van der Waals surface area contributed by atoms with Crippen molar-refractivity contribution in [1.82, 2.24) is 10.2 Å². The molecule has 1 aliphatic rings. The van der Waals surface area contributed by atoms with Gasteiger partial charge in [-0.25, -0.2) is 0 Å². The maximum Gasteiger partial charge on any atom is 0.219 e. The first-order valence-electron chi connectivity index (χ1n) is 5.99. The average Bonchev–Trinajstić information content (AvgIpc) is 2.19. The number of carbonyl (C=O) groups excluding carboxylic acids is 1. The van der Waals surface area contributed by atoms with Gasteiger partial charge in [0, 0.05) is 19.0 Å². The van der Waals surface area contributed by atoms with Crippen LogP contribution in [-0.2, 0) is 4.79 Å². The first-order valence-corrected chi connectivity index (χ1v) is 5.99. The molecule has 1 rings (SSSR count). The molecule has 1 fully saturated rings. The maximum atomic E-state index is 11.6. The third kappa shape index (κ3) is 2.71. The molecule has 15 heavy (non-hydrogen) atoms. The molecular weight excluding hydrogens is 188 g/mol. The molecule has 0 aromatic heterocycles. The van der Waals surface area contributed by atoms with E-state index in [0.717, 1.165) is 19.6 Å². The maximum absolute atomic E-state index is 11.6. The molecule has 1 heterocycles. The number of nitrogens with one attached hydrogen (secondary N) is 1. The Morgan fingerprint density at radius 2 is 1.93 bits per heavy atom. The first kappa shape index (κ1) is 12.5. The molecule has 3 nitrogen and oxygen atoms in total. The van der Waals surface area contributed by atoms with E-state index in [-0.39, 0.29) is 11.4 Å². The summed E-state index contributed by atoms with van der Waals surface area (Å²) in [7, 11) is 0. The molecule has 1 N–H and O–H groups in total. The Morgan fingerprint density at radius 3 is 2.33 bits per heavy atom. The van der Waals surface area contributed by atoms with E-state index in [4.69, 9.17) is 0 Å². The van der Waals surface area contributed by atoms with E-state index >= 15 is 0 Å². The number of nitrogens with zero attached hydrogens (tertiary/aromatic N) is 1. The molecule has 88 valence electrons. The van der Waals surface area contributed by atoms with Crippen LogP contribution in [0.15, 0.2) is 0 Å². The van der Waals surface area contributed by atoms with Crippen molar-refractivity contribution in [1.29, 1.82) is 0 Å². The molecule has 0 unspecified atom stereocenters. The van der Waals surface area contributed by atoms with Crippen molar-refractivity contribution in [2.24, 2.45) is 5.92 Å². The number of hydrogen-bond donors (Lipinski definition) is 1. The van der Waals surface area contributed by atoms with E-state index in [1.807, 2.05) is 4.90 Å². The number of hydrogen-bond acceptors (Lipinski definition) is 2. The molecule has 1 aliphatic heterocycles. The van der Waals surface area contributed by atoms with E-state index in [1.54, 1.807) is 6.92 Å². The second-order valence-electron chi connectivity index (χ2n) is 4.94. The van der Waals surface area contributed by atoms with Crippen molar-refractivity contribution in [2.45, 2.75) is 46.1 Å². The molecule has 0 aromatic carbocycles. The van der Waals surface area contributed by atoms with Gasteiger partial charge in [0.05, 0.1) is 0 Å². The second-order valence-corrected chi connectivity index (χ2v) is 4.94. The molecule has 0 saturated carbocycles. The first-order chi connectivity index (χ1) is 7.00. The highest BCUT2D eigenvalue weighted by molar-refractivity contribution is 5.74. The Hall–Kier alpha value is -0.570. The molecule has 0 atom stereocenters. The summed E-state index contributed by atoms with van der Waals surface area (Å²) in [6, 6.07) is 0. The topological polar surface area (TPSA) is 32.3 Å². The van der Waals surface area contributed by atoms with Crippen molar-refractivity contribution in [2.75, 3.05) is 19.6 Å². The van der Waals surface area contributed by atoms with E-state index in [9.17, 15) is 4.79 Å². The van der Waals surface area contributed by atoms with Crippen LogP contribution in [0.2, 0.25) is 0 Å². The summed E-state index contributed by atoms with van der Waals surface area (Å²) in [5.41, 5.74) is 0.00266.